The lowest BCUT2D eigenvalue weighted by Crippen LogP contribution is -2.33. The lowest BCUT2D eigenvalue weighted by Gasteiger charge is -2.15. The van der Waals surface area contributed by atoms with Crippen LogP contribution in [0.1, 0.15) is 24.1 Å². The van der Waals surface area contributed by atoms with E-state index >= 15 is 0 Å². The number of rotatable bonds is 4. The molecule has 104 valence electrons. The molecular weight excluding hydrogens is 252 g/mol. The highest BCUT2D eigenvalue weighted by molar-refractivity contribution is 5.76. The third kappa shape index (κ3) is 3.57. The van der Waals surface area contributed by atoms with Crippen LogP contribution in [0, 0.1) is 6.92 Å². The van der Waals surface area contributed by atoms with Crippen molar-refractivity contribution >= 4 is 5.91 Å². The lowest BCUT2D eigenvalue weighted by molar-refractivity contribution is -0.122. The molecule has 0 fully saturated rings. The van der Waals surface area contributed by atoms with Crippen molar-refractivity contribution in [1.29, 1.82) is 0 Å². The van der Waals surface area contributed by atoms with Crippen LogP contribution in [-0.2, 0) is 11.3 Å². The zero-order chi connectivity index (χ0) is 14.5. The molecule has 0 saturated carbocycles. The van der Waals surface area contributed by atoms with Gasteiger partial charge in [-0.15, -0.1) is 0 Å². The molecule has 1 atom stereocenters. The number of carbonyl (C=O) groups is 1. The maximum atomic E-state index is 11.9. The molecule has 20 heavy (non-hydrogen) atoms. The number of carbonyl (C=O) groups excluding carboxylic acids is 1. The van der Waals surface area contributed by atoms with E-state index in [1.807, 2.05) is 38.1 Å². The SMILES string of the molecule is Cc1ccc(C(C)NC(=O)Cn2ccccc2=O)cc1. The second-order valence-electron chi connectivity index (χ2n) is 4.87. The van der Waals surface area contributed by atoms with Crippen molar-refractivity contribution in [3.05, 3.63) is 70.1 Å². The average Bonchev–Trinajstić information content (AvgIpc) is 2.42. The number of benzene rings is 1. The normalized spacial score (nSPS) is 11.9. The van der Waals surface area contributed by atoms with Crippen molar-refractivity contribution in [2.75, 3.05) is 0 Å². The van der Waals surface area contributed by atoms with Gasteiger partial charge in [-0.2, -0.15) is 0 Å². The van der Waals surface area contributed by atoms with Gasteiger partial charge in [-0.25, -0.2) is 0 Å². The van der Waals surface area contributed by atoms with Crippen LogP contribution in [0.5, 0.6) is 0 Å². The van der Waals surface area contributed by atoms with Crippen LogP contribution >= 0.6 is 0 Å². The number of nitrogens with one attached hydrogen (secondary N) is 1. The number of aryl methyl sites for hydroxylation is 1. The average molecular weight is 270 g/mol. The summed E-state index contributed by atoms with van der Waals surface area (Å²) in [7, 11) is 0. The highest BCUT2D eigenvalue weighted by Crippen LogP contribution is 2.12. The van der Waals surface area contributed by atoms with E-state index in [4.69, 9.17) is 0 Å². The highest BCUT2D eigenvalue weighted by atomic mass is 16.2. The van der Waals surface area contributed by atoms with E-state index in [1.165, 1.54) is 16.2 Å². The minimum Gasteiger partial charge on any atom is -0.348 e. The van der Waals surface area contributed by atoms with Gasteiger partial charge in [0, 0.05) is 12.3 Å². The predicted molar refractivity (Wildman–Crippen MR) is 78.4 cm³/mol. The first-order valence-corrected chi connectivity index (χ1v) is 6.57. The van der Waals surface area contributed by atoms with Crippen molar-refractivity contribution in [2.45, 2.75) is 26.4 Å². The summed E-state index contributed by atoms with van der Waals surface area (Å²) in [5, 5.41) is 2.89. The standard InChI is InChI=1S/C16H18N2O2/c1-12-6-8-14(9-7-12)13(2)17-15(19)11-18-10-4-3-5-16(18)20/h3-10,13H,11H2,1-2H3,(H,17,19). The second-order valence-corrected chi connectivity index (χ2v) is 4.87. The number of amides is 1. The molecule has 1 aromatic carbocycles. The smallest absolute Gasteiger partial charge is 0.250 e. The van der Waals surface area contributed by atoms with Crippen LogP contribution in [0.25, 0.3) is 0 Å². The summed E-state index contributed by atoms with van der Waals surface area (Å²) in [4.78, 5) is 23.5. The first-order valence-electron chi connectivity index (χ1n) is 6.57. The molecule has 4 nitrogen and oxygen atoms in total. The number of hydrogen-bond donors (Lipinski definition) is 1. The fourth-order valence-electron chi connectivity index (χ4n) is 1.97. The first kappa shape index (κ1) is 14.1. The van der Waals surface area contributed by atoms with Gasteiger partial charge in [0.1, 0.15) is 6.54 Å². The fraction of sp³-hybridized carbons (Fsp3) is 0.250. The molecule has 1 N–H and O–H groups in total. The van der Waals surface area contributed by atoms with E-state index in [9.17, 15) is 9.59 Å². The van der Waals surface area contributed by atoms with Crippen LogP contribution < -0.4 is 10.9 Å². The van der Waals surface area contributed by atoms with E-state index in [0.717, 1.165) is 5.56 Å². The molecule has 1 unspecified atom stereocenters. The minimum absolute atomic E-state index is 0.0376. The van der Waals surface area contributed by atoms with Gasteiger partial charge in [-0.05, 0) is 25.5 Å². The Hall–Kier alpha value is -2.36. The summed E-state index contributed by atoms with van der Waals surface area (Å²) in [6.07, 6.45) is 1.61. The molecule has 0 aliphatic carbocycles. The molecule has 0 aliphatic heterocycles. The zero-order valence-electron chi connectivity index (χ0n) is 11.7. The third-order valence-corrected chi connectivity index (χ3v) is 3.17. The molecule has 0 spiro atoms. The zero-order valence-corrected chi connectivity index (χ0v) is 11.7. The summed E-state index contributed by atoms with van der Waals surface area (Å²) in [5.41, 5.74) is 2.05. The Morgan fingerprint density at radius 1 is 1.20 bits per heavy atom. The maximum absolute atomic E-state index is 11.9. The Labute approximate surface area is 118 Å². The van der Waals surface area contributed by atoms with E-state index in [2.05, 4.69) is 5.32 Å². The molecule has 1 aromatic heterocycles. The van der Waals surface area contributed by atoms with Gasteiger partial charge in [-0.3, -0.25) is 9.59 Å². The Morgan fingerprint density at radius 2 is 1.90 bits per heavy atom. The van der Waals surface area contributed by atoms with Gasteiger partial charge in [0.15, 0.2) is 0 Å². The molecular formula is C16H18N2O2. The molecule has 0 saturated heterocycles. The van der Waals surface area contributed by atoms with Crippen LogP contribution in [0.3, 0.4) is 0 Å². The van der Waals surface area contributed by atoms with E-state index in [-0.39, 0.29) is 24.1 Å². The summed E-state index contributed by atoms with van der Waals surface area (Å²) < 4.78 is 1.39. The van der Waals surface area contributed by atoms with Crippen LogP contribution in [-0.4, -0.2) is 10.5 Å². The monoisotopic (exact) mass is 270 g/mol. The molecule has 2 rings (SSSR count). The quantitative estimate of drug-likeness (QED) is 0.924. The van der Waals surface area contributed by atoms with Crippen molar-refractivity contribution in [2.24, 2.45) is 0 Å². The summed E-state index contributed by atoms with van der Waals surface area (Å²) in [6.45, 7) is 3.99. The Kier molecular flexibility index (Phi) is 4.35. The van der Waals surface area contributed by atoms with E-state index < -0.39 is 0 Å². The third-order valence-electron chi connectivity index (χ3n) is 3.17. The van der Waals surface area contributed by atoms with E-state index in [1.54, 1.807) is 18.3 Å². The lowest BCUT2D eigenvalue weighted by atomic mass is 10.1. The minimum atomic E-state index is -0.175. The largest absolute Gasteiger partial charge is 0.348 e. The number of hydrogen-bond acceptors (Lipinski definition) is 2. The number of nitrogens with zero attached hydrogens (tertiary/aromatic N) is 1. The Morgan fingerprint density at radius 3 is 2.55 bits per heavy atom. The van der Waals surface area contributed by atoms with Gasteiger partial charge >= 0.3 is 0 Å². The van der Waals surface area contributed by atoms with Crippen molar-refractivity contribution < 1.29 is 4.79 Å². The molecule has 0 aliphatic rings. The highest BCUT2D eigenvalue weighted by Gasteiger charge is 2.10. The Balaban J connectivity index is 1.99. The molecule has 0 bridgehead atoms. The molecule has 4 heteroatoms. The van der Waals surface area contributed by atoms with Crippen molar-refractivity contribution in [3.63, 3.8) is 0 Å². The second kappa shape index (κ2) is 6.19. The summed E-state index contributed by atoms with van der Waals surface area (Å²) in [5.74, 6) is -0.175. The van der Waals surface area contributed by atoms with Gasteiger partial charge < -0.3 is 9.88 Å². The van der Waals surface area contributed by atoms with Gasteiger partial charge in [0.25, 0.3) is 5.56 Å². The van der Waals surface area contributed by atoms with Crippen LogP contribution in [0.2, 0.25) is 0 Å². The fourth-order valence-corrected chi connectivity index (χ4v) is 1.97. The summed E-state index contributed by atoms with van der Waals surface area (Å²) >= 11 is 0. The molecule has 0 radical (unpaired) electrons. The van der Waals surface area contributed by atoms with Gasteiger partial charge in [0.05, 0.1) is 6.04 Å². The predicted octanol–water partition coefficient (Wildman–Crippen LogP) is 2.03. The molecule has 1 heterocycles. The van der Waals surface area contributed by atoms with Crippen molar-refractivity contribution in [1.82, 2.24) is 9.88 Å². The van der Waals surface area contributed by atoms with Crippen LogP contribution in [0.4, 0.5) is 0 Å². The molecule has 2 aromatic rings. The number of aromatic nitrogens is 1. The summed E-state index contributed by atoms with van der Waals surface area (Å²) in [6, 6.07) is 12.8. The topological polar surface area (TPSA) is 51.1 Å². The number of pyridine rings is 1. The van der Waals surface area contributed by atoms with Crippen LogP contribution in [0.15, 0.2) is 53.5 Å². The van der Waals surface area contributed by atoms with Gasteiger partial charge in [-0.1, -0.05) is 35.9 Å². The Bertz CT molecular complexity index is 644. The van der Waals surface area contributed by atoms with Gasteiger partial charge in [0.2, 0.25) is 5.91 Å². The first-order chi connectivity index (χ1) is 9.56. The maximum Gasteiger partial charge on any atom is 0.250 e. The van der Waals surface area contributed by atoms with Crippen molar-refractivity contribution in [3.8, 4) is 0 Å². The van der Waals surface area contributed by atoms with E-state index in [0.29, 0.717) is 0 Å². The molecule has 1 amide bonds.